The van der Waals surface area contributed by atoms with Crippen LogP contribution in [0.4, 0.5) is 10.3 Å². The first-order chi connectivity index (χ1) is 9.54. The zero-order chi connectivity index (χ0) is 14.5. The van der Waals surface area contributed by atoms with Gasteiger partial charge in [0.25, 0.3) is 0 Å². The maximum Gasteiger partial charge on any atom is 0.229 e. The van der Waals surface area contributed by atoms with Crippen molar-refractivity contribution in [2.45, 2.75) is 19.9 Å². The molecule has 0 aliphatic rings. The van der Waals surface area contributed by atoms with Crippen LogP contribution in [-0.2, 0) is 0 Å². The lowest BCUT2D eigenvalue weighted by atomic mass is 10.1. The number of thiocarbonyl (C=S) groups is 1. The Hall–Kier alpha value is -2.08. The molecule has 0 aliphatic carbocycles. The number of anilines is 1. The highest BCUT2D eigenvalue weighted by Crippen LogP contribution is 2.13. The van der Waals surface area contributed by atoms with E-state index in [-0.39, 0.29) is 11.9 Å². The monoisotopic (exact) mass is 290 g/mol. The van der Waals surface area contributed by atoms with Gasteiger partial charge in [-0.1, -0.05) is 12.1 Å². The van der Waals surface area contributed by atoms with E-state index >= 15 is 0 Å². The van der Waals surface area contributed by atoms with Gasteiger partial charge in [0.1, 0.15) is 5.82 Å². The van der Waals surface area contributed by atoms with Gasteiger partial charge < -0.3 is 10.6 Å². The summed E-state index contributed by atoms with van der Waals surface area (Å²) in [6.07, 6.45) is 1.66. The molecule has 2 N–H and O–H groups in total. The number of benzene rings is 1. The van der Waals surface area contributed by atoms with Gasteiger partial charge in [-0.3, -0.25) is 0 Å². The molecule has 0 spiro atoms. The average Bonchev–Trinajstić information content (AvgIpc) is 2.39. The predicted molar refractivity (Wildman–Crippen MR) is 80.9 cm³/mol. The van der Waals surface area contributed by atoms with Crippen molar-refractivity contribution in [1.29, 1.82) is 0 Å². The van der Waals surface area contributed by atoms with Crippen LogP contribution in [0, 0.1) is 12.7 Å². The van der Waals surface area contributed by atoms with Gasteiger partial charge in [-0.15, -0.1) is 0 Å². The van der Waals surface area contributed by atoms with Crippen LogP contribution >= 0.6 is 12.2 Å². The van der Waals surface area contributed by atoms with Crippen molar-refractivity contribution in [2.75, 3.05) is 5.32 Å². The first kappa shape index (κ1) is 14.3. The van der Waals surface area contributed by atoms with E-state index in [1.165, 1.54) is 12.1 Å². The van der Waals surface area contributed by atoms with Gasteiger partial charge in [-0.05, 0) is 49.8 Å². The molecular formula is C14H15FN4S. The number of hydrogen-bond acceptors (Lipinski definition) is 3. The van der Waals surface area contributed by atoms with E-state index in [4.69, 9.17) is 12.2 Å². The van der Waals surface area contributed by atoms with E-state index in [1.54, 1.807) is 18.3 Å². The highest BCUT2D eigenvalue weighted by molar-refractivity contribution is 7.80. The Labute approximate surface area is 122 Å². The van der Waals surface area contributed by atoms with Crippen LogP contribution in [0.2, 0.25) is 0 Å². The summed E-state index contributed by atoms with van der Waals surface area (Å²) < 4.78 is 12.9. The molecule has 104 valence electrons. The zero-order valence-electron chi connectivity index (χ0n) is 11.2. The fourth-order valence-corrected chi connectivity index (χ4v) is 1.95. The molecule has 0 radical (unpaired) electrons. The molecule has 20 heavy (non-hydrogen) atoms. The molecule has 1 aromatic heterocycles. The number of nitrogens with one attached hydrogen (secondary N) is 2. The molecule has 0 aliphatic heterocycles. The quantitative estimate of drug-likeness (QED) is 0.851. The number of aryl methyl sites for hydroxylation is 1. The van der Waals surface area contributed by atoms with Crippen molar-refractivity contribution in [2.24, 2.45) is 0 Å². The molecule has 0 fully saturated rings. The second-order valence-electron chi connectivity index (χ2n) is 4.39. The van der Waals surface area contributed by atoms with Crippen molar-refractivity contribution in [3.63, 3.8) is 0 Å². The summed E-state index contributed by atoms with van der Waals surface area (Å²) in [5.41, 5.74) is 1.80. The predicted octanol–water partition coefficient (Wildman–Crippen LogP) is 2.97. The summed E-state index contributed by atoms with van der Waals surface area (Å²) in [7, 11) is 0. The second kappa shape index (κ2) is 6.38. The van der Waals surface area contributed by atoms with Crippen LogP contribution in [-0.4, -0.2) is 15.1 Å². The van der Waals surface area contributed by atoms with Crippen LogP contribution in [0.1, 0.15) is 24.2 Å². The van der Waals surface area contributed by atoms with Crippen molar-refractivity contribution < 1.29 is 4.39 Å². The van der Waals surface area contributed by atoms with Gasteiger partial charge in [-0.2, -0.15) is 0 Å². The Morgan fingerprint density at radius 1 is 1.25 bits per heavy atom. The summed E-state index contributed by atoms with van der Waals surface area (Å²) >= 11 is 5.21. The lowest BCUT2D eigenvalue weighted by Gasteiger charge is -2.16. The van der Waals surface area contributed by atoms with Crippen molar-refractivity contribution in [1.82, 2.24) is 15.3 Å². The number of halogens is 1. The standard InChI is InChI=1S/C14H15FN4S/c1-9-7-8-16-13(17-9)19-14(20)18-10(2)11-3-5-12(15)6-4-11/h3-8,10H,1-2H3,(H2,16,17,18,19,20)/t10-/m0/s1. The molecule has 4 nitrogen and oxygen atoms in total. The van der Waals surface area contributed by atoms with E-state index in [0.29, 0.717) is 11.1 Å². The minimum atomic E-state index is -0.255. The molecule has 0 bridgehead atoms. The second-order valence-corrected chi connectivity index (χ2v) is 4.80. The van der Waals surface area contributed by atoms with E-state index in [2.05, 4.69) is 20.6 Å². The molecule has 1 heterocycles. The van der Waals surface area contributed by atoms with E-state index in [0.717, 1.165) is 11.3 Å². The van der Waals surface area contributed by atoms with E-state index < -0.39 is 0 Å². The summed E-state index contributed by atoms with van der Waals surface area (Å²) in [4.78, 5) is 8.28. The molecule has 6 heteroatoms. The Bertz CT molecular complexity index is 600. The van der Waals surface area contributed by atoms with Gasteiger partial charge in [0.15, 0.2) is 5.11 Å². The van der Waals surface area contributed by atoms with Crippen LogP contribution < -0.4 is 10.6 Å². The number of aromatic nitrogens is 2. The van der Waals surface area contributed by atoms with Crippen molar-refractivity contribution in [3.05, 3.63) is 53.6 Å². The van der Waals surface area contributed by atoms with Crippen LogP contribution in [0.25, 0.3) is 0 Å². The van der Waals surface area contributed by atoms with Gasteiger partial charge >= 0.3 is 0 Å². The number of hydrogen-bond donors (Lipinski definition) is 2. The SMILES string of the molecule is Cc1ccnc(NC(=S)N[C@@H](C)c2ccc(F)cc2)n1. The largest absolute Gasteiger partial charge is 0.356 e. The topological polar surface area (TPSA) is 49.8 Å². The average molecular weight is 290 g/mol. The number of rotatable bonds is 3. The van der Waals surface area contributed by atoms with E-state index in [9.17, 15) is 4.39 Å². The van der Waals surface area contributed by atoms with Crippen LogP contribution in [0.15, 0.2) is 36.5 Å². The Morgan fingerprint density at radius 3 is 2.60 bits per heavy atom. The summed E-state index contributed by atoms with van der Waals surface area (Å²) in [6, 6.07) is 8.06. The third-order valence-corrected chi connectivity index (χ3v) is 2.96. The summed E-state index contributed by atoms with van der Waals surface area (Å²) in [6.45, 7) is 3.82. The van der Waals surface area contributed by atoms with Crippen LogP contribution in [0.3, 0.4) is 0 Å². The normalized spacial score (nSPS) is 11.8. The Kier molecular flexibility index (Phi) is 4.57. The fraction of sp³-hybridized carbons (Fsp3) is 0.214. The minimum Gasteiger partial charge on any atom is -0.356 e. The van der Waals surface area contributed by atoms with Gasteiger partial charge in [0, 0.05) is 11.9 Å². The molecule has 2 aromatic rings. The smallest absolute Gasteiger partial charge is 0.229 e. The third kappa shape index (κ3) is 3.96. The molecule has 2 rings (SSSR count). The summed E-state index contributed by atoms with van der Waals surface area (Å²) in [5.74, 6) is 0.198. The molecule has 0 saturated heterocycles. The first-order valence-electron chi connectivity index (χ1n) is 6.17. The molecule has 1 aromatic carbocycles. The maximum atomic E-state index is 12.9. The highest BCUT2D eigenvalue weighted by atomic mass is 32.1. The molecule has 1 atom stereocenters. The van der Waals surface area contributed by atoms with Crippen molar-refractivity contribution in [3.8, 4) is 0 Å². The summed E-state index contributed by atoms with van der Waals surface area (Å²) in [5, 5.41) is 6.44. The lowest BCUT2D eigenvalue weighted by Crippen LogP contribution is -2.31. The number of nitrogens with zero attached hydrogens (tertiary/aromatic N) is 2. The van der Waals surface area contributed by atoms with Crippen molar-refractivity contribution >= 4 is 23.3 Å². The van der Waals surface area contributed by atoms with Crippen LogP contribution in [0.5, 0.6) is 0 Å². The molecular weight excluding hydrogens is 275 g/mol. The Morgan fingerprint density at radius 2 is 1.95 bits per heavy atom. The highest BCUT2D eigenvalue weighted by Gasteiger charge is 2.08. The van der Waals surface area contributed by atoms with Gasteiger partial charge in [-0.25, -0.2) is 14.4 Å². The maximum absolute atomic E-state index is 12.9. The van der Waals surface area contributed by atoms with Gasteiger partial charge in [0.2, 0.25) is 5.95 Å². The fourth-order valence-electron chi connectivity index (χ4n) is 1.68. The van der Waals surface area contributed by atoms with Gasteiger partial charge in [0.05, 0.1) is 6.04 Å². The molecule has 0 amide bonds. The van der Waals surface area contributed by atoms with E-state index in [1.807, 2.05) is 19.9 Å². The minimum absolute atomic E-state index is 0.0413. The molecule has 0 unspecified atom stereocenters. The third-order valence-electron chi connectivity index (χ3n) is 2.74. The lowest BCUT2D eigenvalue weighted by molar-refractivity contribution is 0.624. The zero-order valence-corrected chi connectivity index (χ0v) is 12.0. The Balaban J connectivity index is 1.95. The first-order valence-corrected chi connectivity index (χ1v) is 6.58. The molecule has 0 saturated carbocycles.